The summed E-state index contributed by atoms with van der Waals surface area (Å²) < 4.78 is 1.90. The molecule has 2 N–H and O–H groups in total. The predicted molar refractivity (Wildman–Crippen MR) is 69.8 cm³/mol. The molecule has 98 valence electrons. The van der Waals surface area contributed by atoms with Gasteiger partial charge >= 0.3 is 0 Å². The van der Waals surface area contributed by atoms with E-state index >= 15 is 0 Å². The summed E-state index contributed by atoms with van der Waals surface area (Å²) in [6, 6.07) is 2.11. The van der Waals surface area contributed by atoms with Gasteiger partial charge in [0.15, 0.2) is 0 Å². The van der Waals surface area contributed by atoms with E-state index in [1.54, 1.807) is 0 Å². The zero-order valence-corrected chi connectivity index (χ0v) is 11.5. The molecule has 1 heterocycles. The van der Waals surface area contributed by atoms with E-state index in [0.717, 1.165) is 37.2 Å². The Morgan fingerprint density at radius 1 is 1.47 bits per heavy atom. The van der Waals surface area contributed by atoms with Crippen LogP contribution >= 0.6 is 0 Å². The molecule has 1 aromatic heterocycles. The second-order valence-corrected chi connectivity index (χ2v) is 4.95. The Labute approximate surface area is 104 Å². The first-order chi connectivity index (χ1) is 7.98. The van der Waals surface area contributed by atoms with E-state index in [2.05, 4.69) is 30.3 Å². The molecule has 4 nitrogen and oxygen atoms in total. The Kier molecular flexibility index (Phi) is 5.15. The zero-order valence-electron chi connectivity index (χ0n) is 11.5. The number of aryl methyl sites for hydroxylation is 2. The van der Waals surface area contributed by atoms with Crippen molar-refractivity contribution in [2.45, 2.75) is 52.2 Å². The lowest BCUT2D eigenvalue weighted by Crippen LogP contribution is -2.37. The number of hydrogen-bond donors (Lipinski definition) is 2. The highest BCUT2D eigenvalue weighted by molar-refractivity contribution is 5.09. The summed E-state index contributed by atoms with van der Waals surface area (Å²) in [5.74, 6) is 0. The lowest BCUT2D eigenvalue weighted by molar-refractivity contribution is 0.0496. The van der Waals surface area contributed by atoms with Crippen molar-refractivity contribution in [2.24, 2.45) is 7.05 Å². The second kappa shape index (κ2) is 6.17. The van der Waals surface area contributed by atoms with Gasteiger partial charge in [0.1, 0.15) is 0 Å². The van der Waals surface area contributed by atoms with E-state index in [1.807, 2.05) is 18.7 Å². The van der Waals surface area contributed by atoms with Crippen molar-refractivity contribution in [2.75, 3.05) is 6.54 Å². The van der Waals surface area contributed by atoms with Gasteiger partial charge in [0.25, 0.3) is 0 Å². The topological polar surface area (TPSA) is 50.1 Å². The molecule has 4 heteroatoms. The fraction of sp³-hybridized carbons (Fsp3) is 0.769. The molecule has 0 spiro atoms. The van der Waals surface area contributed by atoms with Crippen molar-refractivity contribution in [3.63, 3.8) is 0 Å². The molecule has 1 rings (SSSR count). The molecule has 0 saturated carbocycles. The molecule has 0 radical (unpaired) electrons. The van der Waals surface area contributed by atoms with Crippen LogP contribution in [0.15, 0.2) is 6.07 Å². The standard InChI is InChI=1S/C13H25N3O/c1-5-7-13(3,17)10-14-9-12-8-11(6-2)15-16(12)4/h8,14,17H,5-7,9-10H2,1-4H3. The molecule has 0 aliphatic carbocycles. The van der Waals surface area contributed by atoms with Crippen LogP contribution in [0.2, 0.25) is 0 Å². The number of nitrogens with zero attached hydrogens (tertiary/aromatic N) is 2. The first-order valence-electron chi connectivity index (χ1n) is 6.43. The van der Waals surface area contributed by atoms with Gasteiger partial charge in [0.05, 0.1) is 17.0 Å². The minimum Gasteiger partial charge on any atom is -0.389 e. The molecule has 0 bridgehead atoms. The summed E-state index contributed by atoms with van der Waals surface area (Å²) in [6.07, 6.45) is 2.79. The van der Waals surface area contributed by atoms with Gasteiger partial charge in [-0.1, -0.05) is 20.3 Å². The fourth-order valence-electron chi connectivity index (χ4n) is 2.00. The highest BCUT2D eigenvalue weighted by atomic mass is 16.3. The molecule has 1 aromatic rings. The van der Waals surface area contributed by atoms with Crippen LogP contribution in [0.5, 0.6) is 0 Å². The van der Waals surface area contributed by atoms with Gasteiger partial charge in [0.2, 0.25) is 0 Å². The average Bonchev–Trinajstić information content (AvgIpc) is 2.59. The Balaban J connectivity index is 2.42. The molecule has 0 saturated heterocycles. The average molecular weight is 239 g/mol. The molecule has 17 heavy (non-hydrogen) atoms. The van der Waals surface area contributed by atoms with E-state index in [-0.39, 0.29) is 0 Å². The van der Waals surface area contributed by atoms with E-state index in [1.165, 1.54) is 0 Å². The maximum atomic E-state index is 10.0. The lowest BCUT2D eigenvalue weighted by atomic mass is 10.0. The fourth-order valence-corrected chi connectivity index (χ4v) is 2.00. The molecule has 0 aliphatic heterocycles. The van der Waals surface area contributed by atoms with E-state index in [0.29, 0.717) is 6.54 Å². The summed E-state index contributed by atoms with van der Waals surface area (Å²) in [4.78, 5) is 0. The van der Waals surface area contributed by atoms with Crippen molar-refractivity contribution >= 4 is 0 Å². The van der Waals surface area contributed by atoms with Gasteiger partial charge in [-0.05, 0) is 25.8 Å². The van der Waals surface area contributed by atoms with Crippen LogP contribution in [-0.4, -0.2) is 27.0 Å². The van der Waals surface area contributed by atoms with Crippen LogP contribution in [-0.2, 0) is 20.0 Å². The molecular weight excluding hydrogens is 214 g/mol. The van der Waals surface area contributed by atoms with Gasteiger partial charge in [0, 0.05) is 20.1 Å². The van der Waals surface area contributed by atoms with Crippen molar-refractivity contribution in [1.82, 2.24) is 15.1 Å². The van der Waals surface area contributed by atoms with E-state index in [4.69, 9.17) is 0 Å². The summed E-state index contributed by atoms with van der Waals surface area (Å²) in [5, 5.41) is 17.7. The van der Waals surface area contributed by atoms with Crippen LogP contribution in [0.25, 0.3) is 0 Å². The Morgan fingerprint density at radius 3 is 2.71 bits per heavy atom. The quantitative estimate of drug-likeness (QED) is 0.760. The molecular formula is C13H25N3O. The van der Waals surface area contributed by atoms with Gasteiger partial charge in [-0.2, -0.15) is 5.10 Å². The van der Waals surface area contributed by atoms with Crippen LogP contribution in [0.3, 0.4) is 0 Å². The number of rotatable bonds is 7. The van der Waals surface area contributed by atoms with Crippen molar-refractivity contribution in [3.05, 3.63) is 17.5 Å². The van der Waals surface area contributed by atoms with Gasteiger partial charge < -0.3 is 10.4 Å². The Bertz CT molecular complexity index is 344. The summed E-state index contributed by atoms with van der Waals surface area (Å²) >= 11 is 0. The number of aromatic nitrogens is 2. The third-order valence-electron chi connectivity index (χ3n) is 2.99. The number of nitrogens with one attached hydrogen (secondary N) is 1. The van der Waals surface area contributed by atoms with Crippen LogP contribution in [0.4, 0.5) is 0 Å². The monoisotopic (exact) mass is 239 g/mol. The third-order valence-corrected chi connectivity index (χ3v) is 2.99. The molecule has 1 unspecified atom stereocenters. The van der Waals surface area contributed by atoms with E-state index in [9.17, 15) is 5.11 Å². The molecule has 0 aromatic carbocycles. The van der Waals surface area contributed by atoms with Crippen molar-refractivity contribution in [3.8, 4) is 0 Å². The summed E-state index contributed by atoms with van der Waals surface area (Å²) in [5.41, 5.74) is 1.67. The first-order valence-corrected chi connectivity index (χ1v) is 6.43. The first kappa shape index (κ1) is 14.2. The largest absolute Gasteiger partial charge is 0.389 e. The third kappa shape index (κ3) is 4.48. The van der Waals surface area contributed by atoms with Crippen LogP contribution in [0, 0.1) is 0 Å². The highest BCUT2D eigenvalue weighted by Crippen LogP contribution is 2.10. The highest BCUT2D eigenvalue weighted by Gasteiger charge is 2.18. The maximum Gasteiger partial charge on any atom is 0.0743 e. The van der Waals surface area contributed by atoms with Gasteiger partial charge in [-0.25, -0.2) is 0 Å². The second-order valence-electron chi connectivity index (χ2n) is 4.95. The van der Waals surface area contributed by atoms with Gasteiger partial charge in [-0.15, -0.1) is 0 Å². The Hall–Kier alpha value is -0.870. The number of hydrogen-bond acceptors (Lipinski definition) is 3. The van der Waals surface area contributed by atoms with Crippen LogP contribution in [0.1, 0.15) is 45.0 Å². The summed E-state index contributed by atoms with van der Waals surface area (Å²) in [6.45, 7) is 7.44. The number of aliphatic hydroxyl groups is 1. The smallest absolute Gasteiger partial charge is 0.0743 e. The van der Waals surface area contributed by atoms with E-state index < -0.39 is 5.60 Å². The maximum absolute atomic E-state index is 10.0. The molecule has 0 fully saturated rings. The molecule has 0 amide bonds. The van der Waals surface area contributed by atoms with Crippen molar-refractivity contribution < 1.29 is 5.11 Å². The zero-order chi connectivity index (χ0) is 12.9. The Morgan fingerprint density at radius 2 is 2.18 bits per heavy atom. The molecule has 0 aliphatic rings. The van der Waals surface area contributed by atoms with Crippen molar-refractivity contribution in [1.29, 1.82) is 0 Å². The predicted octanol–water partition coefficient (Wildman–Crippen LogP) is 1.62. The minimum absolute atomic E-state index is 0.610. The SMILES string of the molecule is CCCC(C)(O)CNCc1cc(CC)nn1C. The van der Waals surface area contributed by atoms with Gasteiger partial charge in [-0.3, -0.25) is 4.68 Å². The minimum atomic E-state index is -0.610. The normalized spacial score (nSPS) is 14.9. The molecule has 1 atom stereocenters. The van der Waals surface area contributed by atoms with Crippen LogP contribution < -0.4 is 5.32 Å². The lowest BCUT2D eigenvalue weighted by Gasteiger charge is -2.22. The summed E-state index contributed by atoms with van der Waals surface area (Å²) in [7, 11) is 1.96.